The Bertz CT molecular complexity index is 454. The topological polar surface area (TPSA) is 74.2 Å². The number of aromatic nitrogens is 2. The molecule has 1 heterocycles. The summed E-state index contributed by atoms with van der Waals surface area (Å²) in [4.78, 5) is 4.16. The van der Waals surface area contributed by atoms with Crippen LogP contribution in [0.3, 0.4) is 0 Å². The lowest BCUT2D eigenvalue weighted by Crippen LogP contribution is -2.07. The van der Waals surface area contributed by atoms with Gasteiger partial charge in [-0.2, -0.15) is 4.98 Å². The summed E-state index contributed by atoms with van der Waals surface area (Å²) >= 11 is 0. The fourth-order valence-electron chi connectivity index (χ4n) is 1.33. The fraction of sp³-hybridized carbons (Fsp3) is 0.333. The van der Waals surface area contributed by atoms with Crippen LogP contribution < -0.4 is 10.5 Å². The highest BCUT2D eigenvalue weighted by atomic mass is 16.5. The second kappa shape index (κ2) is 5.45. The van der Waals surface area contributed by atoms with Gasteiger partial charge in [-0.1, -0.05) is 23.4 Å². The molecule has 0 amide bonds. The monoisotopic (exact) mass is 233 g/mol. The molecule has 2 rings (SSSR count). The molecule has 0 saturated carbocycles. The summed E-state index contributed by atoms with van der Waals surface area (Å²) < 4.78 is 10.6. The zero-order valence-electron chi connectivity index (χ0n) is 9.67. The Morgan fingerprint density at radius 2 is 2.12 bits per heavy atom. The van der Waals surface area contributed by atoms with Gasteiger partial charge < -0.3 is 15.0 Å². The summed E-state index contributed by atoms with van der Waals surface area (Å²) in [5.74, 6) is 1.91. The van der Waals surface area contributed by atoms with Crippen LogP contribution in [0.4, 0.5) is 0 Å². The Morgan fingerprint density at radius 3 is 2.76 bits per heavy atom. The molecule has 0 saturated heterocycles. The van der Waals surface area contributed by atoms with E-state index in [1.807, 2.05) is 37.3 Å². The van der Waals surface area contributed by atoms with Gasteiger partial charge in [0, 0.05) is 0 Å². The number of benzene rings is 1. The van der Waals surface area contributed by atoms with Crippen LogP contribution in [0, 0.1) is 0 Å². The van der Waals surface area contributed by atoms with Crippen LogP contribution in [-0.4, -0.2) is 16.7 Å². The molecule has 90 valence electrons. The summed E-state index contributed by atoms with van der Waals surface area (Å²) in [7, 11) is 0. The van der Waals surface area contributed by atoms with Crippen molar-refractivity contribution in [3.05, 3.63) is 42.0 Å². The van der Waals surface area contributed by atoms with Gasteiger partial charge in [0.25, 0.3) is 0 Å². The summed E-state index contributed by atoms with van der Waals surface area (Å²) in [6.45, 7) is 2.32. The number of hydrogen-bond acceptors (Lipinski definition) is 5. The Balaban J connectivity index is 1.82. The maximum Gasteiger partial charge on any atom is 0.230 e. The number of rotatable bonds is 5. The van der Waals surface area contributed by atoms with Crippen LogP contribution in [0.15, 0.2) is 34.9 Å². The van der Waals surface area contributed by atoms with E-state index in [9.17, 15) is 0 Å². The van der Waals surface area contributed by atoms with Crippen molar-refractivity contribution in [3.8, 4) is 5.75 Å². The van der Waals surface area contributed by atoms with Gasteiger partial charge in [-0.15, -0.1) is 0 Å². The van der Waals surface area contributed by atoms with Crippen molar-refractivity contribution >= 4 is 0 Å². The zero-order chi connectivity index (χ0) is 12.1. The van der Waals surface area contributed by atoms with Crippen molar-refractivity contribution in [2.45, 2.75) is 19.4 Å². The Hall–Kier alpha value is -1.88. The molecule has 0 bridgehead atoms. The molecule has 5 heteroatoms. The molecule has 17 heavy (non-hydrogen) atoms. The molecule has 0 aliphatic heterocycles. The van der Waals surface area contributed by atoms with Gasteiger partial charge in [0.1, 0.15) is 5.75 Å². The molecule has 0 aliphatic rings. The predicted molar refractivity (Wildman–Crippen MR) is 62.5 cm³/mol. The quantitative estimate of drug-likeness (QED) is 0.851. The molecule has 5 nitrogen and oxygen atoms in total. The fourth-order valence-corrected chi connectivity index (χ4v) is 1.33. The molecular weight excluding hydrogens is 218 g/mol. The van der Waals surface area contributed by atoms with Crippen LogP contribution in [0.1, 0.15) is 24.7 Å². The van der Waals surface area contributed by atoms with Crippen molar-refractivity contribution in [1.82, 2.24) is 10.1 Å². The van der Waals surface area contributed by atoms with Crippen molar-refractivity contribution in [1.29, 1.82) is 0 Å². The summed E-state index contributed by atoms with van der Waals surface area (Å²) in [6, 6.07) is 9.40. The van der Waals surface area contributed by atoms with Gasteiger partial charge >= 0.3 is 0 Å². The molecular formula is C12H15N3O2. The lowest BCUT2D eigenvalue weighted by Gasteiger charge is -2.02. The highest BCUT2D eigenvalue weighted by molar-refractivity contribution is 5.20. The smallest absolute Gasteiger partial charge is 0.230 e. The minimum Gasteiger partial charge on any atom is -0.493 e. The average Bonchev–Trinajstić information content (AvgIpc) is 2.79. The van der Waals surface area contributed by atoms with Gasteiger partial charge in [-0.3, -0.25) is 0 Å². The van der Waals surface area contributed by atoms with Crippen molar-refractivity contribution in [2.75, 3.05) is 6.61 Å². The number of hydrogen-bond donors (Lipinski definition) is 1. The first kappa shape index (κ1) is 11.6. The average molecular weight is 233 g/mol. The van der Waals surface area contributed by atoms with E-state index in [4.69, 9.17) is 15.0 Å². The molecule has 0 radical (unpaired) electrons. The third-order valence-electron chi connectivity index (χ3n) is 2.22. The van der Waals surface area contributed by atoms with E-state index in [1.165, 1.54) is 0 Å². The third kappa shape index (κ3) is 3.29. The van der Waals surface area contributed by atoms with Crippen LogP contribution in [0.25, 0.3) is 0 Å². The normalized spacial score (nSPS) is 12.4. The largest absolute Gasteiger partial charge is 0.493 e. The molecule has 1 unspecified atom stereocenters. The van der Waals surface area contributed by atoms with Gasteiger partial charge in [0.15, 0.2) is 5.82 Å². The van der Waals surface area contributed by atoms with E-state index in [-0.39, 0.29) is 6.04 Å². The molecule has 0 fully saturated rings. The second-order valence-corrected chi connectivity index (χ2v) is 3.75. The Labute approximate surface area is 99.6 Å². The van der Waals surface area contributed by atoms with Gasteiger partial charge in [-0.25, -0.2) is 0 Å². The maximum absolute atomic E-state index is 5.63. The lowest BCUT2D eigenvalue weighted by atomic mass is 10.3. The zero-order valence-corrected chi connectivity index (χ0v) is 9.67. The summed E-state index contributed by atoms with van der Waals surface area (Å²) in [6.07, 6.45) is 0.578. The lowest BCUT2D eigenvalue weighted by molar-refractivity contribution is 0.291. The van der Waals surface area contributed by atoms with E-state index in [1.54, 1.807) is 0 Å². The number of ether oxygens (including phenoxy) is 1. The first-order chi connectivity index (χ1) is 8.25. The number of nitrogens with two attached hydrogens (primary N) is 1. The SMILES string of the molecule is CC(N)c1noc(CCOc2ccccc2)n1. The summed E-state index contributed by atoms with van der Waals surface area (Å²) in [5, 5.41) is 3.77. The second-order valence-electron chi connectivity index (χ2n) is 3.75. The van der Waals surface area contributed by atoms with E-state index in [0.29, 0.717) is 24.7 Å². The Morgan fingerprint density at radius 1 is 1.35 bits per heavy atom. The number of nitrogens with zero attached hydrogens (tertiary/aromatic N) is 2. The van der Waals surface area contributed by atoms with Crippen molar-refractivity contribution in [2.24, 2.45) is 5.73 Å². The first-order valence-corrected chi connectivity index (χ1v) is 5.51. The van der Waals surface area contributed by atoms with Gasteiger partial charge in [-0.05, 0) is 19.1 Å². The molecule has 1 aromatic heterocycles. The van der Waals surface area contributed by atoms with Crippen molar-refractivity contribution < 1.29 is 9.26 Å². The van der Waals surface area contributed by atoms with Crippen molar-refractivity contribution in [3.63, 3.8) is 0 Å². The molecule has 0 spiro atoms. The number of para-hydroxylation sites is 1. The highest BCUT2D eigenvalue weighted by Crippen LogP contribution is 2.09. The van der Waals surface area contributed by atoms with E-state index >= 15 is 0 Å². The summed E-state index contributed by atoms with van der Waals surface area (Å²) in [5.41, 5.74) is 5.63. The molecule has 1 atom stereocenters. The molecule has 0 aliphatic carbocycles. The maximum atomic E-state index is 5.63. The third-order valence-corrected chi connectivity index (χ3v) is 2.22. The van der Waals surface area contributed by atoms with E-state index < -0.39 is 0 Å². The van der Waals surface area contributed by atoms with Gasteiger partial charge in [0.2, 0.25) is 5.89 Å². The highest BCUT2D eigenvalue weighted by Gasteiger charge is 2.09. The predicted octanol–water partition coefficient (Wildman–Crippen LogP) is 1.71. The first-order valence-electron chi connectivity index (χ1n) is 5.51. The molecule has 2 aromatic rings. The minimum atomic E-state index is -0.206. The van der Waals surface area contributed by atoms with Crippen LogP contribution >= 0.6 is 0 Å². The van der Waals surface area contributed by atoms with Crippen LogP contribution in [-0.2, 0) is 6.42 Å². The van der Waals surface area contributed by atoms with E-state index in [0.717, 1.165) is 5.75 Å². The van der Waals surface area contributed by atoms with Crippen LogP contribution in [0.2, 0.25) is 0 Å². The van der Waals surface area contributed by atoms with Gasteiger partial charge in [0.05, 0.1) is 19.1 Å². The molecule has 1 aromatic carbocycles. The minimum absolute atomic E-state index is 0.206. The van der Waals surface area contributed by atoms with E-state index in [2.05, 4.69) is 10.1 Å². The standard InChI is InChI=1S/C12H15N3O2/c1-9(13)12-14-11(17-15-12)7-8-16-10-5-3-2-4-6-10/h2-6,9H,7-8,13H2,1H3. The molecule has 2 N–H and O–H groups in total. The Kier molecular flexibility index (Phi) is 3.72. The van der Waals surface area contributed by atoms with Crippen LogP contribution in [0.5, 0.6) is 5.75 Å².